The van der Waals surface area contributed by atoms with Gasteiger partial charge in [-0.05, 0) is 57.0 Å². The number of hydrogen-bond acceptors (Lipinski definition) is 6. The summed E-state index contributed by atoms with van der Waals surface area (Å²) in [5, 5.41) is 0. The molecule has 8 nitrogen and oxygen atoms in total. The van der Waals surface area contributed by atoms with Crippen LogP contribution in [0.4, 0.5) is 0 Å². The van der Waals surface area contributed by atoms with Gasteiger partial charge in [-0.2, -0.15) is 4.31 Å². The Morgan fingerprint density at radius 1 is 1.25 bits per heavy atom. The molecular formula is C22H27N3O5S2. The normalized spacial score (nSPS) is 16.1. The molecule has 0 spiro atoms. The zero-order valence-corrected chi connectivity index (χ0v) is 20.0. The maximum Gasteiger partial charge on any atom is 0.308 e. The van der Waals surface area contributed by atoms with Gasteiger partial charge in [-0.15, -0.1) is 0 Å². The monoisotopic (exact) mass is 477 g/mol. The summed E-state index contributed by atoms with van der Waals surface area (Å²) in [5.41, 5.74) is 0.748. The Balaban J connectivity index is 1.46. The molecular weight excluding hydrogens is 450 g/mol. The van der Waals surface area contributed by atoms with Crippen molar-refractivity contribution in [1.29, 1.82) is 0 Å². The van der Waals surface area contributed by atoms with E-state index < -0.39 is 10.0 Å². The maximum absolute atomic E-state index is 13.2. The number of thiazole rings is 1. The molecule has 4 rings (SSSR count). The van der Waals surface area contributed by atoms with E-state index in [1.807, 2.05) is 19.9 Å². The van der Waals surface area contributed by atoms with Crippen LogP contribution in [0.1, 0.15) is 38.5 Å². The van der Waals surface area contributed by atoms with Crippen molar-refractivity contribution in [3.8, 4) is 0 Å². The number of piperidine rings is 1. The molecule has 1 aliphatic heterocycles. The fourth-order valence-corrected chi connectivity index (χ4v) is 6.81. The molecule has 1 amide bonds. The number of rotatable bonds is 6. The van der Waals surface area contributed by atoms with Crippen molar-refractivity contribution in [2.75, 3.05) is 20.1 Å². The summed E-state index contributed by atoms with van der Waals surface area (Å²) in [4.78, 5) is 26.8. The minimum Gasteiger partial charge on any atom is -0.467 e. The molecule has 0 radical (unpaired) electrons. The average molecular weight is 478 g/mol. The quantitative estimate of drug-likeness (QED) is 0.543. The molecule has 1 saturated heterocycles. The molecule has 3 heterocycles. The van der Waals surface area contributed by atoms with Crippen molar-refractivity contribution >= 4 is 37.5 Å². The van der Waals surface area contributed by atoms with Crippen molar-refractivity contribution in [2.24, 2.45) is 5.92 Å². The molecule has 1 aliphatic rings. The van der Waals surface area contributed by atoms with E-state index in [2.05, 4.69) is 0 Å². The molecule has 0 aliphatic carbocycles. The number of benzene rings is 1. The highest BCUT2D eigenvalue weighted by atomic mass is 32.2. The summed E-state index contributed by atoms with van der Waals surface area (Å²) in [5.74, 6) is 0.499. The van der Waals surface area contributed by atoms with E-state index in [1.54, 1.807) is 47.0 Å². The smallest absolute Gasteiger partial charge is 0.308 e. The van der Waals surface area contributed by atoms with E-state index in [9.17, 15) is 18.0 Å². The highest BCUT2D eigenvalue weighted by Gasteiger charge is 2.33. The molecule has 0 saturated carbocycles. The molecule has 10 heteroatoms. The van der Waals surface area contributed by atoms with Crippen LogP contribution < -0.4 is 4.87 Å². The SMILES string of the molecule is CC(C)n1c(=O)sc2cc(S(=O)(=O)N3CCC(C(=O)N(C)Cc4ccco4)CC3)ccc21. The van der Waals surface area contributed by atoms with Crippen LogP contribution in [0, 0.1) is 5.92 Å². The Morgan fingerprint density at radius 3 is 2.59 bits per heavy atom. The van der Waals surface area contributed by atoms with Gasteiger partial charge in [-0.1, -0.05) is 11.3 Å². The van der Waals surface area contributed by atoms with Crippen LogP contribution in [0.15, 0.2) is 50.7 Å². The molecule has 172 valence electrons. The van der Waals surface area contributed by atoms with Gasteiger partial charge in [-0.25, -0.2) is 8.42 Å². The van der Waals surface area contributed by atoms with Gasteiger partial charge in [0.05, 0.1) is 27.9 Å². The van der Waals surface area contributed by atoms with E-state index in [-0.39, 0.29) is 40.7 Å². The van der Waals surface area contributed by atoms with E-state index in [0.29, 0.717) is 29.8 Å². The Bertz CT molecular complexity index is 1270. The third kappa shape index (κ3) is 4.26. The Kier molecular flexibility index (Phi) is 6.28. The minimum absolute atomic E-state index is 0.000307. The first kappa shape index (κ1) is 22.8. The number of nitrogens with zero attached hydrogens (tertiary/aromatic N) is 3. The van der Waals surface area contributed by atoms with Crippen LogP contribution in [-0.2, 0) is 21.4 Å². The molecule has 0 N–H and O–H groups in total. The van der Waals surface area contributed by atoms with E-state index in [4.69, 9.17) is 4.42 Å². The molecule has 0 atom stereocenters. The van der Waals surface area contributed by atoms with Gasteiger partial charge in [0, 0.05) is 32.1 Å². The first-order chi connectivity index (χ1) is 15.2. The van der Waals surface area contributed by atoms with Gasteiger partial charge in [0.15, 0.2) is 0 Å². The zero-order chi connectivity index (χ0) is 23.0. The number of furan rings is 1. The standard InChI is InChI=1S/C22H27N3O5S2/c1-15(2)25-19-7-6-18(13-20(19)31-22(25)27)32(28,29)24-10-8-16(9-11-24)21(26)23(3)14-17-5-4-12-30-17/h4-7,12-13,15-16H,8-11,14H2,1-3H3. The van der Waals surface area contributed by atoms with Crippen LogP contribution in [0.3, 0.4) is 0 Å². The number of amides is 1. The fourth-order valence-electron chi connectivity index (χ4n) is 4.18. The van der Waals surface area contributed by atoms with Gasteiger partial charge < -0.3 is 9.32 Å². The summed E-state index contributed by atoms with van der Waals surface area (Å²) in [6, 6.07) is 8.47. The Hall–Kier alpha value is -2.43. The number of carbonyl (C=O) groups excluding carboxylic acids is 1. The fraction of sp³-hybridized carbons (Fsp3) is 0.455. The molecule has 0 unspecified atom stereocenters. The molecule has 0 bridgehead atoms. The van der Waals surface area contributed by atoms with Crippen molar-refractivity contribution in [3.05, 3.63) is 52.0 Å². The third-order valence-electron chi connectivity index (χ3n) is 5.89. The Morgan fingerprint density at radius 2 is 1.97 bits per heavy atom. The van der Waals surface area contributed by atoms with Crippen LogP contribution in [-0.4, -0.2) is 48.2 Å². The number of sulfonamides is 1. The van der Waals surface area contributed by atoms with Crippen molar-refractivity contribution in [3.63, 3.8) is 0 Å². The first-order valence-electron chi connectivity index (χ1n) is 10.6. The van der Waals surface area contributed by atoms with Crippen LogP contribution in [0.25, 0.3) is 10.2 Å². The number of aromatic nitrogens is 1. The Labute approximate surface area is 191 Å². The molecule has 1 fully saturated rings. The van der Waals surface area contributed by atoms with Crippen LogP contribution in [0.2, 0.25) is 0 Å². The average Bonchev–Trinajstić information content (AvgIpc) is 3.39. The third-order valence-corrected chi connectivity index (χ3v) is 8.70. The molecule has 3 aromatic rings. The number of hydrogen-bond donors (Lipinski definition) is 0. The van der Waals surface area contributed by atoms with Crippen molar-refractivity contribution in [1.82, 2.24) is 13.8 Å². The second-order valence-electron chi connectivity index (χ2n) is 8.41. The van der Waals surface area contributed by atoms with Gasteiger partial charge in [-0.3, -0.25) is 14.2 Å². The zero-order valence-electron chi connectivity index (χ0n) is 18.4. The predicted octanol–water partition coefficient (Wildman–Crippen LogP) is 3.30. The van der Waals surface area contributed by atoms with Crippen molar-refractivity contribution < 1.29 is 17.6 Å². The van der Waals surface area contributed by atoms with Crippen LogP contribution >= 0.6 is 11.3 Å². The second kappa shape index (κ2) is 8.84. The number of carbonyl (C=O) groups is 1. The topological polar surface area (TPSA) is 92.8 Å². The lowest BCUT2D eigenvalue weighted by molar-refractivity contribution is -0.136. The molecule has 1 aromatic carbocycles. The van der Waals surface area contributed by atoms with Crippen LogP contribution in [0.5, 0.6) is 0 Å². The van der Waals surface area contributed by atoms with E-state index in [0.717, 1.165) is 16.9 Å². The highest BCUT2D eigenvalue weighted by molar-refractivity contribution is 7.89. The lowest BCUT2D eigenvalue weighted by atomic mass is 9.96. The molecule has 2 aromatic heterocycles. The van der Waals surface area contributed by atoms with E-state index >= 15 is 0 Å². The largest absolute Gasteiger partial charge is 0.467 e. The second-order valence-corrected chi connectivity index (χ2v) is 11.3. The highest BCUT2D eigenvalue weighted by Crippen LogP contribution is 2.29. The lowest BCUT2D eigenvalue weighted by Gasteiger charge is -2.32. The minimum atomic E-state index is -3.70. The maximum atomic E-state index is 13.2. The van der Waals surface area contributed by atoms with Crippen molar-refractivity contribution in [2.45, 2.75) is 44.2 Å². The predicted molar refractivity (Wildman–Crippen MR) is 123 cm³/mol. The summed E-state index contributed by atoms with van der Waals surface area (Å²) in [6.07, 6.45) is 2.52. The van der Waals surface area contributed by atoms with Gasteiger partial charge >= 0.3 is 4.87 Å². The summed E-state index contributed by atoms with van der Waals surface area (Å²) >= 11 is 1.06. The summed E-state index contributed by atoms with van der Waals surface area (Å²) in [6.45, 7) is 4.82. The van der Waals surface area contributed by atoms with E-state index in [1.165, 1.54) is 4.31 Å². The van der Waals surface area contributed by atoms with Gasteiger partial charge in [0.25, 0.3) is 0 Å². The van der Waals surface area contributed by atoms with Gasteiger partial charge in [0.2, 0.25) is 15.9 Å². The van der Waals surface area contributed by atoms with Gasteiger partial charge in [0.1, 0.15) is 5.76 Å². The molecule has 32 heavy (non-hydrogen) atoms. The lowest BCUT2D eigenvalue weighted by Crippen LogP contribution is -2.43. The summed E-state index contributed by atoms with van der Waals surface area (Å²) < 4.78 is 35.5. The number of fused-ring (bicyclic) bond motifs is 1. The summed E-state index contributed by atoms with van der Waals surface area (Å²) in [7, 11) is -1.96. The first-order valence-corrected chi connectivity index (χ1v) is 12.9.